The summed E-state index contributed by atoms with van der Waals surface area (Å²) in [4.78, 5) is 16.6. The van der Waals surface area contributed by atoms with Crippen LogP contribution in [-0.2, 0) is 4.79 Å². The van der Waals surface area contributed by atoms with E-state index in [1.54, 1.807) is 0 Å². The number of hydrogen-bond donors (Lipinski definition) is 1. The zero-order valence-corrected chi connectivity index (χ0v) is 12.7. The standard InChI is InChI=1S/C15H31N3O/c1-3-9-17(10-4-2)11-6-8-15(19)18-12-5-7-14(18)13-16/h14H,3-13,16H2,1-2H3. The highest BCUT2D eigenvalue weighted by Gasteiger charge is 2.26. The van der Waals surface area contributed by atoms with Crippen molar-refractivity contribution in [2.24, 2.45) is 5.73 Å². The number of amides is 1. The second kappa shape index (κ2) is 9.32. The van der Waals surface area contributed by atoms with Crippen LogP contribution in [0.3, 0.4) is 0 Å². The maximum atomic E-state index is 12.2. The van der Waals surface area contributed by atoms with Crippen LogP contribution in [0.2, 0.25) is 0 Å². The summed E-state index contributed by atoms with van der Waals surface area (Å²) in [6.45, 7) is 9.30. The van der Waals surface area contributed by atoms with Crippen molar-refractivity contribution in [1.29, 1.82) is 0 Å². The van der Waals surface area contributed by atoms with Gasteiger partial charge >= 0.3 is 0 Å². The minimum absolute atomic E-state index is 0.301. The van der Waals surface area contributed by atoms with Crippen molar-refractivity contribution in [3.63, 3.8) is 0 Å². The van der Waals surface area contributed by atoms with Gasteiger partial charge < -0.3 is 15.5 Å². The third-order valence-corrected chi connectivity index (χ3v) is 3.91. The SMILES string of the molecule is CCCN(CCC)CCCC(=O)N1CCCC1CN. The number of hydrogen-bond acceptors (Lipinski definition) is 3. The molecule has 1 amide bonds. The van der Waals surface area contributed by atoms with Crippen molar-refractivity contribution in [1.82, 2.24) is 9.80 Å². The van der Waals surface area contributed by atoms with E-state index in [4.69, 9.17) is 5.73 Å². The van der Waals surface area contributed by atoms with Crippen molar-refractivity contribution in [3.05, 3.63) is 0 Å². The van der Waals surface area contributed by atoms with Crippen LogP contribution in [-0.4, -0.2) is 54.5 Å². The lowest BCUT2D eigenvalue weighted by Gasteiger charge is -2.25. The molecule has 112 valence electrons. The first-order valence-corrected chi connectivity index (χ1v) is 7.94. The smallest absolute Gasteiger partial charge is 0.222 e. The predicted molar refractivity (Wildman–Crippen MR) is 80.0 cm³/mol. The molecular formula is C15H31N3O. The Morgan fingerprint density at radius 3 is 2.53 bits per heavy atom. The van der Waals surface area contributed by atoms with Gasteiger partial charge in [-0.25, -0.2) is 0 Å². The van der Waals surface area contributed by atoms with E-state index >= 15 is 0 Å². The lowest BCUT2D eigenvalue weighted by molar-refractivity contribution is -0.132. The monoisotopic (exact) mass is 269 g/mol. The molecule has 1 saturated heterocycles. The number of nitrogens with zero attached hydrogens (tertiary/aromatic N) is 2. The van der Waals surface area contributed by atoms with Gasteiger partial charge in [-0.2, -0.15) is 0 Å². The zero-order valence-electron chi connectivity index (χ0n) is 12.7. The van der Waals surface area contributed by atoms with E-state index in [9.17, 15) is 4.79 Å². The second-order valence-electron chi connectivity index (χ2n) is 5.56. The van der Waals surface area contributed by atoms with Crippen LogP contribution in [0.15, 0.2) is 0 Å². The van der Waals surface area contributed by atoms with Crippen LogP contribution >= 0.6 is 0 Å². The van der Waals surface area contributed by atoms with Gasteiger partial charge in [0.2, 0.25) is 5.91 Å². The highest BCUT2D eigenvalue weighted by Crippen LogP contribution is 2.17. The van der Waals surface area contributed by atoms with E-state index < -0.39 is 0 Å². The Balaban J connectivity index is 2.25. The predicted octanol–water partition coefficient (Wildman–Crippen LogP) is 1.84. The molecule has 1 unspecified atom stereocenters. The van der Waals surface area contributed by atoms with Gasteiger partial charge in [-0.05, 0) is 51.7 Å². The van der Waals surface area contributed by atoms with E-state index in [0.717, 1.165) is 45.4 Å². The minimum atomic E-state index is 0.301. The zero-order chi connectivity index (χ0) is 14.1. The van der Waals surface area contributed by atoms with Crippen molar-refractivity contribution in [2.75, 3.05) is 32.7 Å². The summed E-state index contributed by atoms with van der Waals surface area (Å²) < 4.78 is 0. The van der Waals surface area contributed by atoms with E-state index in [-0.39, 0.29) is 0 Å². The molecule has 4 nitrogen and oxygen atoms in total. The molecule has 0 aromatic carbocycles. The Morgan fingerprint density at radius 1 is 1.26 bits per heavy atom. The van der Waals surface area contributed by atoms with Crippen molar-refractivity contribution in [3.8, 4) is 0 Å². The average molecular weight is 269 g/mol. The quantitative estimate of drug-likeness (QED) is 0.695. The molecule has 1 rings (SSSR count). The molecule has 0 bridgehead atoms. The number of carbonyl (C=O) groups excluding carboxylic acids is 1. The first kappa shape index (κ1) is 16.4. The van der Waals surface area contributed by atoms with Gasteiger partial charge in [0.15, 0.2) is 0 Å². The van der Waals surface area contributed by atoms with Gasteiger partial charge in [0.1, 0.15) is 0 Å². The fourth-order valence-corrected chi connectivity index (χ4v) is 2.97. The number of nitrogens with two attached hydrogens (primary N) is 1. The molecule has 0 aromatic heterocycles. The number of carbonyl (C=O) groups is 1. The van der Waals surface area contributed by atoms with E-state index in [1.807, 2.05) is 4.90 Å². The Labute approximate surface area is 118 Å². The molecule has 19 heavy (non-hydrogen) atoms. The summed E-state index contributed by atoms with van der Waals surface area (Å²) in [6, 6.07) is 0.301. The molecule has 0 radical (unpaired) electrons. The topological polar surface area (TPSA) is 49.6 Å². The first-order valence-electron chi connectivity index (χ1n) is 7.94. The van der Waals surface area contributed by atoms with Crippen LogP contribution in [0, 0.1) is 0 Å². The fraction of sp³-hybridized carbons (Fsp3) is 0.933. The van der Waals surface area contributed by atoms with E-state index in [0.29, 0.717) is 24.9 Å². The van der Waals surface area contributed by atoms with E-state index in [2.05, 4.69) is 18.7 Å². The Bertz CT molecular complexity index is 252. The summed E-state index contributed by atoms with van der Waals surface area (Å²) in [6.07, 6.45) is 6.24. The van der Waals surface area contributed by atoms with Gasteiger partial charge in [0.05, 0.1) is 0 Å². The lowest BCUT2D eigenvalue weighted by atomic mass is 10.2. The molecule has 1 aliphatic heterocycles. The fourth-order valence-electron chi connectivity index (χ4n) is 2.97. The summed E-state index contributed by atoms with van der Waals surface area (Å²) in [5, 5.41) is 0. The van der Waals surface area contributed by atoms with Gasteiger partial charge in [-0.1, -0.05) is 13.8 Å². The van der Waals surface area contributed by atoms with Crippen molar-refractivity contribution in [2.45, 2.75) is 58.4 Å². The van der Waals surface area contributed by atoms with E-state index in [1.165, 1.54) is 12.8 Å². The molecule has 2 N–H and O–H groups in total. The van der Waals surface area contributed by atoms with Crippen molar-refractivity contribution < 1.29 is 4.79 Å². The Hall–Kier alpha value is -0.610. The largest absolute Gasteiger partial charge is 0.338 e. The number of rotatable bonds is 9. The van der Waals surface area contributed by atoms with Gasteiger partial charge in [-0.15, -0.1) is 0 Å². The van der Waals surface area contributed by atoms with Gasteiger partial charge in [0, 0.05) is 25.6 Å². The summed E-state index contributed by atoms with van der Waals surface area (Å²) in [7, 11) is 0. The molecule has 0 aliphatic carbocycles. The molecule has 1 aliphatic rings. The maximum absolute atomic E-state index is 12.2. The summed E-state index contributed by atoms with van der Waals surface area (Å²) >= 11 is 0. The molecule has 0 spiro atoms. The lowest BCUT2D eigenvalue weighted by Crippen LogP contribution is -2.40. The van der Waals surface area contributed by atoms with Gasteiger partial charge in [-0.3, -0.25) is 4.79 Å². The number of likely N-dealkylation sites (tertiary alicyclic amines) is 1. The summed E-state index contributed by atoms with van der Waals surface area (Å²) in [5.74, 6) is 0.306. The molecular weight excluding hydrogens is 238 g/mol. The third-order valence-electron chi connectivity index (χ3n) is 3.91. The molecule has 1 heterocycles. The molecule has 1 fully saturated rings. The van der Waals surface area contributed by atoms with Crippen LogP contribution < -0.4 is 5.73 Å². The van der Waals surface area contributed by atoms with Crippen LogP contribution in [0.25, 0.3) is 0 Å². The average Bonchev–Trinajstić information content (AvgIpc) is 2.87. The maximum Gasteiger partial charge on any atom is 0.222 e. The highest BCUT2D eigenvalue weighted by molar-refractivity contribution is 5.76. The molecule has 1 atom stereocenters. The first-order chi connectivity index (χ1) is 9.22. The van der Waals surface area contributed by atoms with Gasteiger partial charge in [0.25, 0.3) is 0 Å². The molecule has 0 saturated carbocycles. The van der Waals surface area contributed by atoms with Crippen LogP contribution in [0.4, 0.5) is 0 Å². The Kier molecular flexibility index (Phi) is 8.07. The van der Waals surface area contributed by atoms with Crippen LogP contribution in [0.5, 0.6) is 0 Å². The van der Waals surface area contributed by atoms with Crippen molar-refractivity contribution >= 4 is 5.91 Å². The van der Waals surface area contributed by atoms with Crippen LogP contribution in [0.1, 0.15) is 52.4 Å². The second-order valence-corrected chi connectivity index (χ2v) is 5.56. The Morgan fingerprint density at radius 2 is 1.95 bits per heavy atom. The minimum Gasteiger partial charge on any atom is -0.338 e. The normalized spacial score (nSPS) is 19.4. The molecule has 0 aromatic rings. The summed E-state index contributed by atoms with van der Waals surface area (Å²) in [5.41, 5.74) is 5.72. The molecule has 4 heteroatoms. The third kappa shape index (κ3) is 5.49. The highest BCUT2D eigenvalue weighted by atomic mass is 16.2.